The molecule has 0 aliphatic heterocycles. The van der Waals surface area contributed by atoms with E-state index in [1.54, 1.807) is 25.2 Å². The van der Waals surface area contributed by atoms with Gasteiger partial charge in [-0.15, -0.1) is 11.3 Å². The Hall–Kier alpha value is -1.38. The van der Waals surface area contributed by atoms with Crippen molar-refractivity contribution in [2.45, 2.75) is 40.2 Å². The Kier molecular flexibility index (Phi) is 4.87. The Morgan fingerprint density at radius 2 is 1.54 bits per heavy atom. The van der Waals surface area contributed by atoms with E-state index in [-0.39, 0.29) is 19.4 Å². The number of hydrogen-bond acceptors (Lipinski definition) is 6. The zero-order valence-corrected chi connectivity index (χ0v) is 16.7. The zero-order chi connectivity index (χ0) is 18.3. The van der Waals surface area contributed by atoms with E-state index in [4.69, 9.17) is 0 Å². The maximum atomic E-state index is 12.9. The molecule has 1 heterocycles. The first-order valence-corrected chi connectivity index (χ1v) is 11.4. The first kappa shape index (κ1) is 19.0. The molecule has 0 saturated heterocycles. The second kappa shape index (κ2) is 6.16. The van der Waals surface area contributed by atoms with Crippen LogP contribution in [0.3, 0.4) is 0 Å². The van der Waals surface area contributed by atoms with E-state index in [2.05, 4.69) is 5.32 Å². The van der Waals surface area contributed by atoms with Crippen LogP contribution in [-0.4, -0.2) is 30.1 Å². The predicted octanol–water partition coefficient (Wildman–Crippen LogP) is 3.32. The van der Waals surface area contributed by atoms with Crippen molar-refractivity contribution in [2.24, 2.45) is 0 Å². The number of nitrogens with one attached hydrogen (secondary N) is 1. The standard InChI is InChI=1S/C16H21NO4S3/c1-16(2,3)11-8-12(23(5,18)19)10-13(9-11)24(20,21)15-7-6-14(17-4)22-15/h6-10,17H,1-5H3. The SMILES string of the molecule is CNc1ccc(S(=O)(=O)c2cc(C(C)(C)C)cc(S(C)(=O)=O)c2)s1. The van der Waals surface area contributed by atoms with E-state index < -0.39 is 19.7 Å². The van der Waals surface area contributed by atoms with Crippen LogP contribution >= 0.6 is 11.3 Å². The highest BCUT2D eigenvalue weighted by Crippen LogP contribution is 2.34. The lowest BCUT2D eigenvalue weighted by atomic mass is 9.87. The molecule has 0 bridgehead atoms. The number of sulfone groups is 2. The Labute approximate surface area is 147 Å². The molecule has 0 fully saturated rings. The van der Waals surface area contributed by atoms with Crippen LogP contribution in [0, 0.1) is 0 Å². The quantitative estimate of drug-likeness (QED) is 0.870. The Balaban J connectivity index is 2.73. The fourth-order valence-corrected chi connectivity index (χ4v) is 5.48. The summed E-state index contributed by atoms with van der Waals surface area (Å²) in [7, 11) is -5.59. The third-order valence-electron chi connectivity index (χ3n) is 3.58. The molecule has 0 unspecified atom stereocenters. The molecule has 0 atom stereocenters. The summed E-state index contributed by atoms with van der Waals surface area (Å²) in [6.07, 6.45) is 1.08. The fourth-order valence-electron chi connectivity index (χ4n) is 2.09. The van der Waals surface area contributed by atoms with Crippen molar-refractivity contribution in [3.63, 3.8) is 0 Å². The van der Waals surface area contributed by atoms with Crippen LogP contribution in [0.2, 0.25) is 0 Å². The molecule has 0 saturated carbocycles. The van der Waals surface area contributed by atoms with Gasteiger partial charge >= 0.3 is 0 Å². The maximum absolute atomic E-state index is 12.9. The third-order valence-corrected chi connectivity index (χ3v) is 8.00. The first-order chi connectivity index (χ1) is 10.9. The molecule has 5 nitrogen and oxygen atoms in total. The van der Waals surface area contributed by atoms with Gasteiger partial charge in [-0.05, 0) is 41.3 Å². The Morgan fingerprint density at radius 1 is 0.958 bits per heavy atom. The summed E-state index contributed by atoms with van der Waals surface area (Å²) >= 11 is 1.11. The van der Waals surface area contributed by atoms with Gasteiger partial charge < -0.3 is 5.32 Å². The monoisotopic (exact) mass is 387 g/mol. The van der Waals surface area contributed by atoms with Gasteiger partial charge in [0.2, 0.25) is 9.84 Å². The summed E-state index contributed by atoms with van der Waals surface area (Å²) in [6.45, 7) is 5.74. The van der Waals surface area contributed by atoms with Crippen molar-refractivity contribution in [1.82, 2.24) is 0 Å². The topological polar surface area (TPSA) is 80.3 Å². The molecule has 0 spiro atoms. The van der Waals surface area contributed by atoms with Crippen molar-refractivity contribution in [1.29, 1.82) is 0 Å². The zero-order valence-electron chi connectivity index (χ0n) is 14.2. The second-order valence-corrected chi connectivity index (χ2v) is 11.9. The van der Waals surface area contributed by atoms with E-state index in [0.29, 0.717) is 5.56 Å². The molecule has 0 amide bonds. The van der Waals surface area contributed by atoms with Crippen molar-refractivity contribution in [3.05, 3.63) is 35.9 Å². The molecule has 2 rings (SSSR count). The minimum absolute atomic E-state index is 0.000136. The van der Waals surface area contributed by atoms with Gasteiger partial charge in [-0.2, -0.15) is 0 Å². The largest absolute Gasteiger partial charge is 0.380 e. The minimum Gasteiger partial charge on any atom is -0.380 e. The predicted molar refractivity (Wildman–Crippen MR) is 97.6 cm³/mol. The number of hydrogen-bond donors (Lipinski definition) is 1. The van der Waals surface area contributed by atoms with Crippen molar-refractivity contribution in [3.8, 4) is 0 Å². The van der Waals surface area contributed by atoms with Gasteiger partial charge in [0.15, 0.2) is 9.84 Å². The lowest BCUT2D eigenvalue weighted by Crippen LogP contribution is -2.14. The molecular weight excluding hydrogens is 366 g/mol. The summed E-state index contributed by atoms with van der Waals surface area (Å²) in [5, 5.41) is 3.63. The lowest BCUT2D eigenvalue weighted by Gasteiger charge is -2.21. The van der Waals surface area contributed by atoms with Crippen molar-refractivity contribution < 1.29 is 16.8 Å². The number of thiophene rings is 1. The van der Waals surface area contributed by atoms with E-state index in [9.17, 15) is 16.8 Å². The van der Waals surface area contributed by atoms with Gasteiger partial charge in [-0.25, -0.2) is 16.8 Å². The molecule has 0 radical (unpaired) electrons. The minimum atomic E-state index is -3.78. The van der Waals surface area contributed by atoms with Gasteiger partial charge in [-0.3, -0.25) is 0 Å². The second-order valence-electron chi connectivity index (χ2n) is 6.59. The Bertz CT molecular complexity index is 965. The van der Waals surface area contributed by atoms with Crippen LogP contribution in [-0.2, 0) is 25.1 Å². The van der Waals surface area contributed by atoms with E-state index >= 15 is 0 Å². The van der Waals surface area contributed by atoms with E-state index in [0.717, 1.165) is 22.6 Å². The van der Waals surface area contributed by atoms with E-state index in [1.807, 2.05) is 20.8 Å². The molecular formula is C16H21NO4S3. The van der Waals surface area contributed by atoms with E-state index in [1.165, 1.54) is 12.1 Å². The van der Waals surface area contributed by atoms with Gasteiger partial charge in [0.05, 0.1) is 14.8 Å². The summed E-state index contributed by atoms with van der Waals surface area (Å²) in [4.78, 5) is 0.0127. The number of anilines is 1. The first-order valence-electron chi connectivity index (χ1n) is 7.24. The highest BCUT2D eigenvalue weighted by molar-refractivity contribution is 7.93. The molecule has 132 valence electrons. The van der Waals surface area contributed by atoms with Crippen molar-refractivity contribution in [2.75, 3.05) is 18.6 Å². The summed E-state index contributed by atoms with van der Waals surface area (Å²) in [5.74, 6) is 0. The van der Waals surface area contributed by atoms with Crippen LogP contribution in [0.5, 0.6) is 0 Å². The molecule has 8 heteroatoms. The molecule has 0 aliphatic carbocycles. The molecule has 0 aliphatic rings. The Morgan fingerprint density at radius 3 is 2.00 bits per heavy atom. The molecule has 2 aromatic rings. The van der Waals surface area contributed by atoms with Crippen LogP contribution in [0.15, 0.2) is 44.3 Å². The number of benzene rings is 1. The van der Waals surface area contributed by atoms with Gasteiger partial charge in [0, 0.05) is 13.3 Å². The van der Waals surface area contributed by atoms with Crippen LogP contribution in [0.4, 0.5) is 5.00 Å². The average Bonchev–Trinajstić information content (AvgIpc) is 2.94. The summed E-state index contributed by atoms with van der Waals surface area (Å²) < 4.78 is 49.9. The summed E-state index contributed by atoms with van der Waals surface area (Å²) in [6, 6.07) is 7.54. The van der Waals surface area contributed by atoms with Gasteiger partial charge in [0.25, 0.3) is 0 Å². The highest BCUT2D eigenvalue weighted by atomic mass is 32.2. The van der Waals surface area contributed by atoms with Crippen LogP contribution < -0.4 is 5.32 Å². The van der Waals surface area contributed by atoms with Gasteiger partial charge in [-0.1, -0.05) is 20.8 Å². The fraction of sp³-hybridized carbons (Fsp3) is 0.375. The summed E-state index contributed by atoms with van der Waals surface area (Å²) in [5.41, 5.74) is 0.283. The highest BCUT2D eigenvalue weighted by Gasteiger charge is 2.25. The van der Waals surface area contributed by atoms with Crippen molar-refractivity contribution >= 4 is 36.0 Å². The van der Waals surface area contributed by atoms with Crippen LogP contribution in [0.1, 0.15) is 26.3 Å². The molecule has 1 N–H and O–H groups in total. The lowest BCUT2D eigenvalue weighted by molar-refractivity contribution is 0.579. The van der Waals surface area contributed by atoms with Gasteiger partial charge in [0.1, 0.15) is 4.21 Å². The third kappa shape index (κ3) is 3.81. The molecule has 1 aromatic carbocycles. The smallest absolute Gasteiger partial charge is 0.216 e. The number of rotatable bonds is 4. The molecule has 24 heavy (non-hydrogen) atoms. The normalized spacial score (nSPS) is 13.0. The average molecular weight is 388 g/mol. The molecule has 1 aromatic heterocycles. The van der Waals surface area contributed by atoms with Crippen LogP contribution in [0.25, 0.3) is 0 Å². The maximum Gasteiger partial charge on any atom is 0.216 e.